The van der Waals surface area contributed by atoms with E-state index in [9.17, 15) is 18.0 Å². The average molecular weight is 353 g/mol. The number of ether oxygens (including phenoxy) is 1. The molecule has 1 amide bonds. The molecule has 1 fully saturated rings. The smallest absolute Gasteiger partial charge is 0.310 e. The number of hydrogen-bond donors (Lipinski definition) is 1. The Morgan fingerprint density at radius 2 is 1.96 bits per heavy atom. The quantitative estimate of drug-likeness (QED) is 0.800. The van der Waals surface area contributed by atoms with Gasteiger partial charge in [0, 0.05) is 0 Å². The molecule has 0 unspecified atom stereocenters. The van der Waals surface area contributed by atoms with Crippen molar-refractivity contribution >= 4 is 21.7 Å². The predicted octanol–water partition coefficient (Wildman–Crippen LogP) is 1.08. The minimum Gasteiger partial charge on any atom is -0.455 e. The second-order valence-corrected chi connectivity index (χ2v) is 8.89. The van der Waals surface area contributed by atoms with E-state index >= 15 is 0 Å². The summed E-state index contributed by atoms with van der Waals surface area (Å²) in [7, 11) is -3.10. The summed E-state index contributed by atoms with van der Waals surface area (Å²) >= 11 is 0. The van der Waals surface area contributed by atoms with Crippen LogP contribution in [0.25, 0.3) is 0 Å². The number of carbonyl (C=O) groups is 2. The molecule has 1 atom stereocenters. The maximum absolute atomic E-state index is 11.9. The van der Waals surface area contributed by atoms with Gasteiger partial charge in [-0.3, -0.25) is 9.59 Å². The third-order valence-electron chi connectivity index (χ3n) is 4.23. The number of aryl methyl sites for hydroxylation is 2. The molecule has 0 aliphatic carbocycles. The number of carbonyl (C=O) groups excluding carboxylic acids is 2. The van der Waals surface area contributed by atoms with Gasteiger partial charge in [0.1, 0.15) is 0 Å². The Morgan fingerprint density at radius 1 is 1.25 bits per heavy atom. The first-order chi connectivity index (χ1) is 11.1. The van der Waals surface area contributed by atoms with Gasteiger partial charge in [-0.2, -0.15) is 0 Å². The standard InChI is InChI=1S/C17H23NO5S/c1-12-4-5-14(8-13(12)2)9-16(20)23-10-15(19)18-17(3)6-7-24(21,22)11-17/h4-5,8H,6-7,9-11H2,1-3H3,(H,18,19)/t17-/m0/s1. The van der Waals surface area contributed by atoms with Crippen LogP contribution in [0, 0.1) is 13.8 Å². The molecule has 1 aromatic rings. The van der Waals surface area contributed by atoms with Crippen molar-refractivity contribution < 1.29 is 22.7 Å². The van der Waals surface area contributed by atoms with Gasteiger partial charge in [0.05, 0.1) is 23.5 Å². The minimum absolute atomic E-state index is 0.0658. The van der Waals surface area contributed by atoms with Crippen LogP contribution in [-0.4, -0.2) is 43.9 Å². The third-order valence-corrected chi connectivity index (χ3v) is 6.13. The molecule has 132 valence electrons. The van der Waals surface area contributed by atoms with Crippen molar-refractivity contribution in [2.45, 2.75) is 39.2 Å². The highest BCUT2D eigenvalue weighted by molar-refractivity contribution is 7.91. The highest BCUT2D eigenvalue weighted by Crippen LogP contribution is 2.22. The molecule has 0 radical (unpaired) electrons. The monoisotopic (exact) mass is 353 g/mol. The Labute approximate surface area is 142 Å². The summed E-state index contributed by atoms with van der Waals surface area (Å²) in [5.74, 6) is -0.987. The number of hydrogen-bond acceptors (Lipinski definition) is 5. The first kappa shape index (κ1) is 18.4. The molecule has 1 N–H and O–H groups in total. The average Bonchev–Trinajstić information content (AvgIpc) is 2.74. The molecule has 7 heteroatoms. The number of amides is 1. The highest BCUT2D eigenvalue weighted by atomic mass is 32.2. The normalized spacial score (nSPS) is 22.1. The van der Waals surface area contributed by atoms with Crippen LogP contribution in [0.1, 0.15) is 30.0 Å². The highest BCUT2D eigenvalue weighted by Gasteiger charge is 2.39. The lowest BCUT2D eigenvalue weighted by Crippen LogP contribution is -2.48. The van der Waals surface area contributed by atoms with Gasteiger partial charge >= 0.3 is 5.97 Å². The molecule has 0 spiro atoms. The summed E-state index contributed by atoms with van der Waals surface area (Å²) in [6, 6.07) is 5.71. The van der Waals surface area contributed by atoms with E-state index in [-0.39, 0.29) is 17.9 Å². The summed E-state index contributed by atoms with van der Waals surface area (Å²) in [6.07, 6.45) is 0.470. The first-order valence-corrected chi connectivity index (χ1v) is 9.64. The molecule has 0 saturated carbocycles. The van der Waals surface area contributed by atoms with Crippen molar-refractivity contribution in [2.75, 3.05) is 18.1 Å². The lowest BCUT2D eigenvalue weighted by Gasteiger charge is -2.23. The molecule has 6 nitrogen and oxygen atoms in total. The topological polar surface area (TPSA) is 89.5 Å². The van der Waals surface area contributed by atoms with Gasteiger partial charge < -0.3 is 10.1 Å². The van der Waals surface area contributed by atoms with E-state index in [1.165, 1.54) is 0 Å². The second kappa shape index (κ2) is 6.93. The molecule has 1 aliphatic heterocycles. The summed E-state index contributed by atoms with van der Waals surface area (Å²) in [4.78, 5) is 23.7. The van der Waals surface area contributed by atoms with E-state index in [0.29, 0.717) is 6.42 Å². The van der Waals surface area contributed by atoms with Gasteiger partial charge in [0.15, 0.2) is 16.4 Å². The van der Waals surface area contributed by atoms with Crippen molar-refractivity contribution in [3.8, 4) is 0 Å². The number of rotatable bonds is 5. The number of esters is 1. The Bertz CT molecular complexity index is 756. The van der Waals surface area contributed by atoms with Crippen LogP contribution in [0.5, 0.6) is 0 Å². The third kappa shape index (κ3) is 5.06. The van der Waals surface area contributed by atoms with Crippen molar-refractivity contribution in [3.05, 3.63) is 34.9 Å². The maximum atomic E-state index is 11.9. The molecule has 1 heterocycles. The van der Waals surface area contributed by atoms with Gasteiger partial charge in [0.25, 0.3) is 5.91 Å². The van der Waals surface area contributed by atoms with E-state index in [1.54, 1.807) is 6.92 Å². The molecule has 0 aromatic heterocycles. The largest absolute Gasteiger partial charge is 0.455 e. The fraction of sp³-hybridized carbons (Fsp3) is 0.529. The maximum Gasteiger partial charge on any atom is 0.310 e. The van der Waals surface area contributed by atoms with Crippen LogP contribution in [0.2, 0.25) is 0 Å². The van der Waals surface area contributed by atoms with Crippen molar-refractivity contribution in [1.29, 1.82) is 0 Å². The van der Waals surface area contributed by atoms with Crippen LogP contribution in [-0.2, 0) is 30.6 Å². The molecule has 1 saturated heterocycles. The van der Waals surface area contributed by atoms with Crippen molar-refractivity contribution in [2.24, 2.45) is 0 Å². The Morgan fingerprint density at radius 3 is 2.54 bits per heavy atom. The van der Waals surface area contributed by atoms with Gasteiger partial charge in [-0.15, -0.1) is 0 Å². The molecule has 24 heavy (non-hydrogen) atoms. The lowest BCUT2D eigenvalue weighted by molar-refractivity contribution is -0.148. The van der Waals surface area contributed by atoms with E-state index < -0.39 is 33.9 Å². The molecular formula is C17H23NO5S. The summed E-state index contributed by atoms with van der Waals surface area (Å²) in [5.41, 5.74) is 2.29. The Kier molecular flexibility index (Phi) is 5.32. The zero-order valence-corrected chi connectivity index (χ0v) is 15.0. The van der Waals surface area contributed by atoms with Crippen LogP contribution in [0.3, 0.4) is 0 Å². The van der Waals surface area contributed by atoms with Gasteiger partial charge in [-0.1, -0.05) is 18.2 Å². The van der Waals surface area contributed by atoms with Crippen LogP contribution < -0.4 is 5.32 Å². The van der Waals surface area contributed by atoms with Crippen LogP contribution >= 0.6 is 0 Å². The van der Waals surface area contributed by atoms with E-state index in [2.05, 4.69) is 5.32 Å². The van der Waals surface area contributed by atoms with Gasteiger partial charge in [0.2, 0.25) is 0 Å². The SMILES string of the molecule is Cc1ccc(CC(=O)OCC(=O)N[C@@]2(C)CCS(=O)(=O)C2)cc1C. The molecular weight excluding hydrogens is 330 g/mol. The molecule has 0 bridgehead atoms. The Balaban J connectivity index is 1.81. The van der Waals surface area contributed by atoms with Crippen LogP contribution in [0.15, 0.2) is 18.2 Å². The zero-order chi connectivity index (χ0) is 18.0. The van der Waals surface area contributed by atoms with E-state index in [4.69, 9.17) is 4.74 Å². The lowest BCUT2D eigenvalue weighted by atomic mass is 10.0. The number of sulfone groups is 1. The van der Waals surface area contributed by atoms with Crippen molar-refractivity contribution in [3.63, 3.8) is 0 Å². The minimum atomic E-state index is -3.10. The van der Waals surface area contributed by atoms with Gasteiger partial charge in [-0.25, -0.2) is 8.42 Å². The number of benzene rings is 1. The van der Waals surface area contributed by atoms with Gasteiger partial charge in [-0.05, 0) is 43.9 Å². The van der Waals surface area contributed by atoms with Crippen molar-refractivity contribution in [1.82, 2.24) is 5.32 Å². The molecule has 2 rings (SSSR count). The molecule has 1 aliphatic rings. The number of nitrogens with one attached hydrogen (secondary N) is 1. The molecule has 1 aromatic carbocycles. The second-order valence-electron chi connectivity index (χ2n) is 6.71. The summed E-state index contributed by atoms with van der Waals surface area (Å²) in [5, 5.41) is 2.65. The van der Waals surface area contributed by atoms with E-state index in [0.717, 1.165) is 16.7 Å². The fourth-order valence-electron chi connectivity index (χ4n) is 2.76. The predicted molar refractivity (Wildman–Crippen MR) is 90.4 cm³/mol. The first-order valence-electron chi connectivity index (χ1n) is 7.82. The summed E-state index contributed by atoms with van der Waals surface area (Å²) in [6.45, 7) is 5.24. The van der Waals surface area contributed by atoms with Crippen LogP contribution in [0.4, 0.5) is 0 Å². The summed E-state index contributed by atoms with van der Waals surface area (Å²) < 4.78 is 28.0. The zero-order valence-electron chi connectivity index (χ0n) is 14.2. The fourth-order valence-corrected chi connectivity index (χ4v) is 4.85. The Hall–Kier alpha value is -1.89. The van der Waals surface area contributed by atoms with E-state index in [1.807, 2.05) is 32.0 Å².